The van der Waals surface area contributed by atoms with Crippen molar-refractivity contribution in [1.29, 1.82) is 0 Å². The van der Waals surface area contributed by atoms with Crippen LogP contribution in [0, 0.1) is 0 Å². The summed E-state index contributed by atoms with van der Waals surface area (Å²) in [6.07, 6.45) is 2.69. The first-order valence-electron chi connectivity index (χ1n) is 8.63. The van der Waals surface area contributed by atoms with Crippen molar-refractivity contribution in [2.24, 2.45) is 0 Å². The lowest BCUT2D eigenvalue weighted by Crippen LogP contribution is -2.24. The molecule has 0 radical (unpaired) electrons. The molecule has 1 aromatic heterocycles. The topological polar surface area (TPSA) is 102 Å². The summed E-state index contributed by atoms with van der Waals surface area (Å²) in [7, 11) is 0. The van der Waals surface area contributed by atoms with Crippen molar-refractivity contribution in [3.8, 4) is 11.5 Å². The number of hydrogen-bond donors (Lipinski definition) is 2. The average molecular weight is 356 g/mol. The van der Waals surface area contributed by atoms with Crippen molar-refractivity contribution in [2.75, 3.05) is 0 Å². The molecule has 0 atom stereocenters. The fraction of sp³-hybridized carbons (Fsp3) is 0.421. The van der Waals surface area contributed by atoms with Crippen molar-refractivity contribution in [3.63, 3.8) is 0 Å². The van der Waals surface area contributed by atoms with E-state index in [1.807, 2.05) is 13.8 Å². The van der Waals surface area contributed by atoms with Crippen molar-refractivity contribution in [2.45, 2.75) is 51.2 Å². The number of nitrogens with zero attached hydrogens (tertiary/aromatic N) is 1. The molecular formula is C19H20N2O5. The summed E-state index contributed by atoms with van der Waals surface area (Å²) >= 11 is 0. The van der Waals surface area contributed by atoms with Crippen LogP contribution in [0.3, 0.4) is 0 Å². The van der Waals surface area contributed by atoms with E-state index in [0.29, 0.717) is 35.4 Å². The molecule has 136 valence electrons. The van der Waals surface area contributed by atoms with Crippen LogP contribution < -0.4 is 15.0 Å². The van der Waals surface area contributed by atoms with Gasteiger partial charge in [0, 0.05) is 24.0 Å². The molecule has 0 bridgehead atoms. The van der Waals surface area contributed by atoms with Crippen LogP contribution in [-0.4, -0.2) is 26.6 Å². The molecule has 7 heteroatoms. The minimum Gasteiger partial charge on any atom is -0.487 e. The fourth-order valence-electron chi connectivity index (χ4n) is 3.20. The van der Waals surface area contributed by atoms with Gasteiger partial charge in [0.1, 0.15) is 29.5 Å². The van der Waals surface area contributed by atoms with Crippen LogP contribution in [0.4, 0.5) is 0 Å². The summed E-state index contributed by atoms with van der Waals surface area (Å²) in [6, 6.07) is 4.43. The second kappa shape index (κ2) is 5.86. The number of ether oxygens (including phenoxy) is 2. The summed E-state index contributed by atoms with van der Waals surface area (Å²) in [4.78, 5) is 30.4. The largest absolute Gasteiger partial charge is 0.487 e. The third-order valence-electron chi connectivity index (χ3n) is 4.56. The maximum atomic E-state index is 11.8. The lowest BCUT2D eigenvalue weighted by atomic mass is 10.00. The van der Waals surface area contributed by atoms with Crippen molar-refractivity contribution in [3.05, 3.63) is 51.2 Å². The molecule has 1 aliphatic carbocycles. The Labute approximate surface area is 150 Å². The number of benzene rings is 1. The molecule has 0 spiro atoms. The molecule has 0 amide bonds. The van der Waals surface area contributed by atoms with Crippen LogP contribution in [0.2, 0.25) is 0 Å². The summed E-state index contributed by atoms with van der Waals surface area (Å²) in [6.45, 7) is 3.98. The average Bonchev–Trinajstić information content (AvgIpc) is 3.34. The second-order valence-electron chi connectivity index (χ2n) is 7.48. The number of carboxylic acid groups (broad SMARTS) is 1. The van der Waals surface area contributed by atoms with Gasteiger partial charge in [0.05, 0.1) is 11.3 Å². The van der Waals surface area contributed by atoms with Crippen LogP contribution >= 0.6 is 0 Å². The number of aromatic nitrogens is 2. The van der Waals surface area contributed by atoms with E-state index in [9.17, 15) is 14.7 Å². The van der Waals surface area contributed by atoms with E-state index >= 15 is 0 Å². The summed E-state index contributed by atoms with van der Waals surface area (Å²) in [5, 5.41) is 9.33. The SMILES string of the molecule is CC1(C)Cc2c(OCc3cc(=O)[nH]c(C4CC4)n3)cc(C(=O)O)cc2O1. The van der Waals surface area contributed by atoms with Gasteiger partial charge in [-0.1, -0.05) is 0 Å². The highest BCUT2D eigenvalue weighted by Gasteiger charge is 2.34. The normalized spacial score (nSPS) is 17.5. The molecule has 4 rings (SSSR count). The third-order valence-corrected chi connectivity index (χ3v) is 4.56. The summed E-state index contributed by atoms with van der Waals surface area (Å²) in [5.74, 6) is 0.973. The minimum absolute atomic E-state index is 0.0968. The molecule has 1 fully saturated rings. The first kappa shape index (κ1) is 16.6. The van der Waals surface area contributed by atoms with Crippen molar-refractivity contribution < 1.29 is 19.4 Å². The van der Waals surface area contributed by atoms with E-state index in [1.54, 1.807) is 0 Å². The van der Waals surface area contributed by atoms with Gasteiger partial charge in [-0.2, -0.15) is 0 Å². The molecule has 26 heavy (non-hydrogen) atoms. The second-order valence-corrected chi connectivity index (χ2v) is 7.48. The number of carboxylic acids is 1. The van der Waals surface area contributed by atoms with Crippen molar-refractivity contribution in [1.82, 2.24) is 9.97 Å². The number of aromatic carboxylic acids is 1. The van der Waals surface area contributed by atoms with Crippen LogP contribution in [0.25, 0.3) is 0 Å². The Hall–Kier alpha value is -2.83. The number of nitrogens with one attached hydrogen (secondary N) is 1. The van der Waals surface area contributed by atoms with Gasteiger partial charge in [0.25, 0.3) is 5.56 Å². The minimum atomic E-state index is -1.05. The van der Waals surface area contributed by atoms with Crippen LogP contribution in [0.5, 0.6) is 11.5 Å². The number of aromatic amines is 1. The molecule has 1 saturated carbocycles. The zero-order valence-electron chi connectivity index (χ0n) is 14.7. The lowest BCUT2D eigenvalue weighted by molar-refractivity contribution is 0.0695. The summed E-state index contributed by atoms with van der Waals surface area (Å²) in [5.41, 5.74) is 0.859. The number of carbonyl (C=O) groups is 1. The van der Waals surface area contributed by atoms with E-state index in [1.165, 1.54) is 18.2 Å². The Kier molecular flexibility index (Phi) is 3.75. The predicted octanol–water partition coefficient (Wildman–Crippen LogP) is 2.64. The van der Waals surface area contributed by atoms with Crippen LogP contribution in [-0.2, 0) is 13.0 Å². The third kappa shape index (κ3) is 3.29. The molecule has 7 nitrogen and oxygen atoms in total. The zero-order chi connectivity index (χ0) is 18.5. The van der Waals surface area contributed by atoms with Gasteiger partial charge in [-0.15, -0.1) is 0 Å². The highest BCUT2D eigenvalue weighted by Crippen LogP contribution is 2.42. The van der Waals surface area contributed by atoms with Crippen molar-refractivity contribution >= 4 is 5.97 Å². The van der Waals surface area contributed by atoms with Gasteiger partial charge in [0.15, 0.2) is 0 Å². The van der Waals surface area contributed by atoms with Gasteiger partial charge in [-0.3, -0.25) is 4.79 Å². The standard InChI is InChI=1S/C19H20N2O5/c1-19(2)8-13-14(5-11(18(23)24)6-15(13)26-19)25-9-12-7-16(22)21-17(20-12)10-3-4-10/h5-7,10H,3-4,8-9H2,1-2H3,(H,23,24)(H,20,21,22). The fourth-order valence-corrected chi connectivity index (χ4v) is 3.20. The Morgan fingerprint density at radius 3 is 2.85 bits per heavy atom. The molecular weight excluding hydrogens is 336 g/mol. The lowest BCUT2D eigenvalue weighted by Gasteiger charge is -2.16. The van der Waals surface area contributed by atoms with Gasteiger partial charge in [-0.05, 0) is 38.8 Å². The molecule has 2 aromatic rings. The predicted molar refractivity (Wildman–Crippen MR) is 93.0 cm³/mol. The number of fused-ring (bicyclic) bond motifs is 1. The van der Waals surface area contributed by atoms with Gasteiger partial charge < -0.3 is 19.6 Å². The zero-order valence-corrected chi connectivity index (χ0v) is 14.7. The molecule has 2 heterocycles. The van der Waals surface area contributed by atoms with Crippen LogP contribution in [0.15, 0.2) is 23.0 Å². The van der Waals surface area contributed by atoms with Gasteiger partial charge in [0.2, 0.25) is 0 Å². The summed E-state index contributed by atoms with van der Waals surface area (Å²) < 4.78 is 11.7. The van der Waals surface area contributed by atoms with E-state index in [4.69, 9.17) is 9.47 Å². The van der Waals surface area contributed by atoms with Crippen LogP contribution in [0.1, 0.15) is 60.0 Å². The molecule has 1 aromatic carbocycles. The molecule has 2 N–H and O–H groups in total. The number of H-pyrrole nitrogens is 1. The van der Waals surface area contributed by atoms with Gasteiger partial charge in [-0.25, -0.2) is 9.78 Å². The van der Waals surface area contributed by atoms with E-state index < -0.39 is 11.6 Å². The quantitative estimate of drug-likeness (QED) is 0.854. The molecule has 2 aliphatic rings. The first-order chi connectivity index (χ1) is 12.3. The number of hydrogen-bond acceptors (Lipinski definition) is 5. The highest BCUT2D eigenvalue weighted by molar-refractivity contribution is 5.89. The number of rotatable bonds is 5. The smallest absolute Gasteiger partial charge is 0.335 e. The van der Waals surface area contributed by atoms with Gasteiger partial charge >= 0.3 is 5.97 Å². The molecule has 1 aliphatic heterocycles. The van der Waals surface area contributed by atoms with E-state index in [-0.39, 0.29) is 17.7 Å². The Morgan fingerprint density at radius 2 is 2.15 bits per heavy atom. The first-order valence-corrected chi connectivity index (χ1v) is 8.63. The monoisotopic (exact) mass is 356 g/mol. The molecule has 0 unspecified atom stereocenters. The Morgan fingerprint density at radius 1 is 1.38 bits per heavy atom. The Bertz CT molecular complexity index is 943. The van der Waals surface area contributed by atoms with E-state index in [0.717, 1.165) is 18.4 Å². The molecule has 0 saturated heterocycles. The van der Waals surface area contributed by atoms with E-state index in [2.05, 4.69) is 9.97 Å². The maximum Gasteiger partial charge on any atom is 0.335 e. The Balaban J connectivity index is 1.62. The highest BCUT2D eigenvalue weighted by atomic mass is 16.5. The maximum absolute atomic E-state index is 11.8.